The van der Waals surface area contributed by atoms with Crippen LogP contribution in [0.1, 0.15) is 11.3 Å². The van der Waals surface area contributed by atoms with Crippen molar-refractivity contribution < 1.29 is 8.42 Å². The number of aromatic nitrogens is 1. The van der Waals surface area contributed by atoms with Gasteiger partial charge in [-0.3, -0.25) is 0 Å². The molecule has 0 amide bonds. The average Bonchev–Trinajstić information content (AvgIpc) is 2.48. The maximum Gasteiger partial charge on any atom is 0.246 e. The molecule has 0 saturated heterocycles. The molecule has 2 aromatic rings. The molecule has 0 radical (unpaired) electrons. The van der Waals surface area contributed by atoms with Gasteiger partial charge in [0.15, 0.2) is 5.69 Å². The monoisotopic (exact) mass is 287 g/mol. The van der Waals surface area contributed by atoms with Gasteiger partial charge in [-0.05, 0) is 17.7 Å². The fourth-order valence-corrected chi connectivity index (χ4v) is 3.02. The van der Waals surface area contributed by atoms with E-state index in [1.54, 1.807) is 6.07 Å². The van der Waals surface area contributed by atoms with Gasteiger partial charge in [-0.2, -0.15) is 9.57 Å². The van der Waals surface area contributed by atoms with Crippen molar-refractivity contribution in [3.05, 3.63) is 59.9 Å². The molecular formula is C14H13N3O2S. The number of rotatable bonds is 4. The Morgan fingerprint density at radius 2 is 1.90 bits per heavy atom. The number of nitrogens with zero attached hydrogens (tertiary/aromatic N) is 3. The van der Waals surface area contributed by atoms with E-state index in [4.69, 9.17) is 5.26 Å². The number of hydrogen-bond donors (Lipinski definition) is 0. The van der Waals surface area contributed by atoms with Crippen LogP contribution in [-0.2, 0) is 16.6 Å². The lowest BCUT2D eigenvalue weighted by Crippen LogP contribution is -2.27. The molecule has 20 heavy (non-hydrogen) atoms. The lowest BCUT2D eigenvalue weighted by molar-refractivity contribution is 0.466. The summed E-state index contributed by atoms with van der Waals surface area (Å²) in [6, 6.07) is 14.0. The largest absolute Gasteiger partial charge is 0.246 e. The van der Waals surface area contributed by atoms with Crippen molar-refractivity contribution in [2.75, 3.05) is 7.05 Å². The zero-order valence-corrected chi connectivity index (χ0v) is 11.7. The first-order chi connectivity index (χ1) is 9.55. The fourth-order valence-electron chi connectivity index (χ4n) is 1.78. The van der Waals surface area contributed by atoms with Gasteiger partial charge >= 0.3 is 0 Å². The van der Waals surface area contributed by atoms with E-state index in [0.29, 0.717) is 0 Å². The van der Waals surface area contributed by atoms with Crippen molar-refractivity contribution in [2.45, 2.75) is 11.4 Å². The summed E-state index contributed by atoms with van der Waals surface area (Å²) in [5.74, 6) is 0. The molecule has 102 valence electrons. The van der Waals surface area contributed by atoms with Gasteiger partial charge in [0.25, 0.3) is 0 Å². The van der Waals surface area contributed by atoms with Gasteiger partial charge in [-0.25, -0.2) is 13.4 Å². The van der Waals surface area contributed by atoms with Crippen LogP contribution in [0.4, 0.5) is 0 Å². The highest BCUT2D eigenvalue weighted by atomic mass is 32.2. The number of pyridine rings is 1. The van der Waals surface area contributed by atoms with Gasteiger partial charge in [0, 0.05) is 19.8 Å². The Bertz CT molecular complexity index is 737. The van der Waals surface area contributed by atoms with E-state index in [1.165, 1.54) is 29.7 Å². The van der Waals surface area contributed by atoms with E-state index in [0.717, 1.165) is 5.56 Å². The van der Waals surface area contributed by atoms with Crippen LogP contribution in [0.15, 0.2) is 53.6 Å². The molecule has 0 N–H and O–H groups in total. The minimum atomic E-state index is -3.73. The number of nitriles is 1. The van der Waals surface area contributed by atoms with Crippen LogP contribution in [0.25, 0.3) is 0 Å². The Morgan fingerprint density at radius 3 is 2.55 bits per heavy atom. The molecule has 2 rings (SSSR count). The van der Waals surface area contributed by atoms with Crippen LogP contribution in [-0.4, -0.2) is 24.8 Å². The number of hydrogen-bond acceptors (Lipinski definition) is 4. The molecule has 6 heteroatoms. The molecule has 0 aliphatic carbocycles. The highest BCUT2D eigenvalue weighted by molar-refractivity contribution is 7.89. The minimum Gasteiger partial charge on any atom is -0.244 e. The molecule has 1 aromatic heterocycles. The molecule has 0 aliphatic rings. The van der Waals surface area contributed by atoms with Gasteiger partial charge in [-0.15, -0.1) is 0 Å². The second kappa shape index (κ2) is 5.82. The highest BCUT2D eigenvalue weighted by Crippen LogP contribution is 2.18. The summed E-state index contributed by atoms with van der Waals surface area (Å²) in [5, 5.41) is 8.96. The van der Waals surface area contributed by atoms with Crippen LogP contribution in [0.2, 0.25) is 0 Å². The molecule has 0 fully saturated rings. The van der Waals surface area contributed by atoms with E-state index >= 15 is 0 Å². The summed E-state index contributed by atoms with van der Waals surface area (Å²) in [4.78, 5) is 3.72. The van der Waals surface area contributed by atoms with Crippen molar-refractivity contribution in [3.63, 3.8) is 0 Å². The molecule has 1 heterocycles. The first-order valence-electron chi connectivity index (χ1n) is 5.91. The molecular weight excluding hydrogens is 274 g/mol. The van der Waals surface area contributed by atoms with E-state index in [-0.39, 0.29) is 17.1 Å². The summed E-state index contributed by atoms with van der Waals surface area (Å²) >= 11 is 0. The third-order valence-corrected chi connectivity index (χ3v) is 4.65. The molecule has 0 unspecified atom stereocenters. The smallest absolute Gasteiger partial charge is 0.244 e. The molecule has 0 aliphatic heterocycles. The topological polar surface area (TPSA) is 74.1 Å². The molecule has 5 nitrogen and oxygen atoms in total. The molecule has 0 atom stereocenters. The quantitative estimate of drug-likeness (QED) is 0.859. The summed E-state index contributed by atoms with van der Waals surface area (Å²) < 4.78 is 26.1. The second-order valence-corrected chi connectivity index (χ2v) is 6.22. The standard InChI is InChI=1S/C14H13N3O2S/c1-17(11-12-6-3-2-4-7-12)20(18,19)14-8-5-9-16-13(14)10-15/h2-9H,11H2,1H3. The third-order valence-electron chi connectivity index (χ3n) is 2.81. The van der Waals surface area contributed by atoms with Crippen molar-refractivity contribution in [2.24, 2.45) is 0 Å². The highest BCUT2D eigenvalue weighted by Gasteiger charge is 2.24. The zero-order chi connectivity index (χ0) is 14.6. The van der Waals surface area contributed by atoms with Crippen LogP contribution in [0.5, 0.6) is 0 Å². The summed E-state index contributed by atoms with van der Waals surface area (Å²) in [5.41, 5.74) is 0.786. The van der Waals surface area contributed by atoms with Gasteiger partial charge in [-0.1, -0.05) is 30.3 Å². The SMILES string of the molecule is CN(Cc1ccccc1)S(=O)(=O)c1cccnc1C#N. The minimum absolute atomic E-state index is 0.0686. The van der Waals surface area contributed by atoms with Crippen molar-refractivity contribution in [1.82, 2.24) is 9.29 Å². The van der Waals surface area contributed by atoms with Crippen LogP contribution < -0.4 is 0 Å². The van der Waals surface area contributed by atoms with E-state index in [1.807, 2.05) is 30.3 Å². The van der Waals surface area contributed by atoms with Crippen LogP contribution in [0.3, 0.4) is 0 Å². The van der Waals surface area contributed by atoms with Gasteiger partial charge < -0.3 is 0 Å². The Balaban J connectivity index is 2.33. The van der Waals surface area contributed by atoms with Crippen LogP contribution >= 0.6 is 0 Å². The third kappa shape index (κ3) is 2.85. The van der Waals surface area contributed by atoms with E-state index in [9.17, 15) is 8.42 Å². The summed E-state index contributed by atoms with van der Waals surface area (Å²) in [6.07, 6.45) is 1.40. The predicted octanol–water partition coefficient (Wildman–Crippen LogP) is 1.77. The van der Waals surface area contributed by atoms with E-state index in [2.05, 4.69) is 4.98 Å². The lowest BCUT2D eigenvalue weighted by Gasteiger charge is -2.17. The zero-order valence-electron chi connectivity index (χ0n) is 10.9. The number of sulfonamides is 1. The maximum atomic E-state index is 12.5. The molecule has 0 spiro atoms. The summed E-state index contributed by atoms with van der Waals surface area (Å²) in [6.45, 7) is 0.239. The van der Waals surface area contributed by atoms with Crippen LogP contribution in [0, 0.1) is 11.3 Å². The fraction of sp³-hybridized carbons (Fsp3) is 0.143. The molecule has 0 bridgehead atoms. The number of benzene rings is 1. The maximum absolute atomic E-state index is 12.5. The normalized spacial score (nSPS) is 11.2. The lowest BCUT2D eigenvalue weighted by atomic mass is 10.2. The van der Waals surface area contributed by atoms with Gasteiger partial charge in [0.2, 0.25) is 10.0 Å². The molecule has 0 saturated carbocycles. The van der Waals surface area contributed by atoms with Gasteiger partial charge in [0.1, 0.15) is 11.0 Å². The first-order valence-corrected chi connectivity index (χ1v) is 7.35. The van der Waals surface area contributed by atoms with Crippen molar-refractivity contribution in [1.29, 1.82) is 5.26 Å². The molecule has 1 aromatic carbocycles. The predicted molar refractivity (Wildman–Crippen MR) is 74.0 cm³/mol. The van der Waals surface area contributed by atoms with Crippen molar-refractivity contribution in [3.8, 4) is 6.07 Å². The van der Waals surface area contributed by atoms with Gasteiger partial charge in [0.05, 0.1) is 0 Å². The Morgan fingerprint density at radius 1 is 1.20 bits per heavy atom. The van der Waals surface area contributed by atoms with E-state index < -0.39 is 10.0 Å². The summed E-state index contributed by atoms with van der Waals surface area (Å²) in [7, 11) is -2.25. The first kappa shape index (κ1) is 14.2. The Labute approximate surface area is 118 Å². The Hall–Kier alpha value is -2.23. The average molecular weight is 287 g/mol. The van der Waals surface area contributed by atoms with Crippen molar-refractivity contribution >= 4 is 10.0 Å². The Kier molecular flexibility index (Phi) is 4.13. The second-order valence-electron chi connectivity index (χ2n) is 4.21.